The summed E-state index contributed by atoms with van der Waals surface area (Å²) in [5, 5.41) is 9.43. The van der Waals surface area contributed by atoms with Crippen LogP contribution in [0.1, 0.15) is 12.5 Å². The Balaban J connectivity index is 2.09. The van der Waals surface area contributed by atoms with E-state index in [2.05, 4.69) is 10.2 Å². The van der Waals surface area contributed by atoms with Crippen molar-refractivity contribution < 1.29 is 18.0 Å². The van der Waals surface area contributed by atoms with E-state index in [9.17, 15) is 18.0 Å². The number of hydrogen-bond donors (Lipinski definition) is 2. The molecule has 102 valence electrons. The molecule has 7 heteroatoms. The summed E-state index contributed by atoms with van der Waals surface area (Å²) in [4.78, 5) is 10.8. The molecule has 0 unspecified atom stereocenters. The van der Waals surface area contributed by atoms with E-state index < -0.39 is 18.1 Å². The maximum atomic E-state index is 12.1. The summed E-state index contributed by atoms with van der Waals surface area (Å²) in [6.07, 6.45) is -2.93. The number of H-pyrrole nitrogens is 1. The van der Waals surface area contributed by atoms with Crippen LogP contribution in [0, 0.1) is 0 Å². The van der Waals surface area contributed by atoms with Crippen molar-refractivity contribution in [1.82, 2.24) is 15.5 Å². The highest BCUT2D eigenvalue weighted by Gasteiger charge is 2.39. The third-order valence-electron chi connectivity index (χ3n) is 2.74. The van der Waals surface area contributed by atoms with Crippen LogP contribution in [0.3, 0.4) is 0 Å². The quantitative estimate of drug-likeness (QED) is 0.898. The smallest absolute Gasteiger partial charge is 0.345 e. The lowest BCUT2D eigenvalue weighted by Gasteiger charge is -2.15. The fourth-order valence-electron chi connectivity index (χ4n) is 1.89. The normalized spacial score (nSPS) is 13.5. The lowest BCUT2D eigenvalue weighted by Crippen LogP contribution is -2.42. The van der Waals surface area contributed by atoms with Gasteiger partial charge in [0.1, 0.15) is 0 Å². The summed E-state index contributed by atoms with van der Waals surface area (Å²) >= 11 is 0. The highest BCUT2D eigenvalue weighted by molar-refractivity contribution is 5.83. The van der Waals surface area contributed by atoms with E-state index in [1.54, 1.807) is 18.3 Å². The zero-order valence-electron chi connectivity index (χ0n) is 10.1. The Bertz CT molecular complexity index is 591. The van der Waals surface area contributed by atoms with Gasteiger partial charge in [0.05, 0.1) is 11.7 Å². The van der Waals surface area contributed by atoms with Gasteiger partial charge in [-0.05, 0) is 25.0 Å². The lowest BCUT2D eigenvalue weighted by atomic mass is 10.0. The molecule has 0 radical (unpaired) electrons. The number of nitrogens with one attached hydrogen (secondary N) is 2. The molecule has 2 aromatic rings. The van der Waals surface area contributed by atoms with E-state index >= 15 is 0 Å². The van der Waals surface area contributed by atoms with Crippen molar-refractivity contribution in [3.05, 3.63) is 30.0 Å². The number of hydrogen-bond acceptors (Lipinski definition) is 2. The monoisotopic (exact) mass is 271 g/mol. The molecule has 0 fully saturated rings. The zero-order chi connectivity index (χ0) is 14.0. The number of nitrogens with zero attached hydrogens (tertiary/aromatic N) is 1. The molecule has 0 saturated carbocycles. The molecule has 0 saturated heterocycles. The minimum atomic E-state index is -4.85. The van der Waals surface area contributed by atoms with Gasteiger partial charge in [-0.15, -0.1) is 0 Å². The van der Waals surface area contributed by atoms with E-state index in [1.165, 1.54) is 6.92 Å². The zero-order valence-corrected chi connectivity index (χ0v) is 10.1. The Labute approximate surface area is 107 Å². The molecule has 1 amide bonds. The van der Waals surface area contributed by atoms with Gasteiger partial charge in [-0.1, -0.05) is 12.1 Å². The number of carbonyl (C=O) groups is 1. The minimum Gasteiger partial charge on any atom is -0.345 e. The Morgan fingerprint density at radius 2 is 2.21 bits per heavy atom. The van der Waals surface area contributed by atoms with Crippen molar-refractivity contribution in [2.75, 3.05) is 0 Å². The molecule has 0 aliphatic rings. The third-order valence-corrected chi connectivity index (χ3v) is 2.74. The van der Waals surface area contributed by atoms with E-state index in [1.807, 2.05) is 11.4 Å². The number of aromatic amines is 1. The first-order valence-corrected chi connectivity index (χ1v) is 5.66. The second-order valence-electron chi connectivity index (χ2n) is 4.32. The van der Waals surface area contributed by atoms with Crippen molar-refractivity contribution in [3.63, 3.8) is 0 Å². The van der Waals surface area contributed by atoms with Crippen molar-refractivity contribution in [1.29, 1.82) is 0 Å². The van der Waals surface area contributed by atoms with E-state index in [4.69, 9.17) is 0 Å². The minimum absolute atomic E-state index is 0.304. The Morgan fingerprint density at radius 1 is 1.47 bits per heavy atom. The number of carbonyl (C=O) groups excluding carboxylic acids is 1. The summed E-state index contributed by atoms with van der Waals surface area (Å²) in [5.74, 6) is -1.92. The van der Waals surface area contributed by atoms with Gasteiger partial charge >= 0.3 is 12.1 Å². The van der Waals surface area contributed by atoms with Crippen LogP contribution in [0.2, 0.25) is 0 Å². The molecule has 0 aliphatic heterocycles. The number of benzene rings is 1. The van der Waals surface area contributed by atoms with Crippen molar-refractivity contribution in [2.45, 2.75) is 25.6 Å². The molecule has 0 bridgehead atoms. The van der Waals surface area contributed by atoms with E-state index in [0.717, 1.165) is 16.5 Å². The van der Waals surface area contributed by atoms with Gasteiger partial charge in [-0.3, -0.25) is 9.89 Å². The first kappa shape index (κ1) is 13.4. The number of aromatic nitrogens is 2. The number of halogens is 3. The molecule has 1 atom stereocenters. The molecule has 2 rings (SSSR count). The highest BCUT2D eigenvalue weighted by atomic mass is 19.4. The summed E-state index contributed by atoms with van der Waals surface area (Å²) < 4.78 is 36.4. The molecule has 1 heterocycles. The topological polar surface area (TPSA) is 57.8 Å². The van der Waals surface area contributed by atoms with E-state index in [-0.39, 0.29) is 0 Å². The summed E-state index contributed by atoms with van der Waals surface area (Å²) in [7, 11) is 0. The van der Waals surface area contributed by atoms with Crippen LogP contribution >= 0.6 is 0 Å². The fourth-order valence-corrected chi connectivity index (χ4v) is 1.89. The van der Waals surface area contributed by atoms with Gasteiger partial charge in [0, 0.05) is 11.4 Å². The molecule has 4 nitrogen and oxygen atoms in total. The second kappa shape index (κ2) is 4.91. The first-order valence-electron chi connectivity index (χ1n) is 5.66. The average Bonchev–Trinajstić information content (AvgIpc) is 2.76. The molecule has 19 heavy (non-hydrogen) atoms. The maximum Gasteiger partial charge on any atom is 0.471 e. The van der Waals surface area contributed by atoms with Crippen LogP contribution in [-0.2, 0) is 11.2 Å². The molecule has 1 aromatic carbocycles. The number of rotatable bonds is 3. The summed E-state index contributed by atoms with van der Waals surface area (Å²) in [6.45, 7) is 1.53. The van der Waals surface area contributed by atoms with Crippen molar-refractivity contribution >= 4 is 16.8 Å². The lowest BCUT2D eigenvalue weighted by molar-refractivity contribution is -0.174. The van der Waals surface area contributed by atoms with Crippen molar-refractivity contribution in [3.8, 4) is 0 Å². The maximum absolute atomic E-state index is 12.1. The number of fused-ring (bicyclic) bond motifs is 1. The van der Waals surface area contributed by atoms with Crippen molar-refractivity contribution in [2.24, 2.45) is 0 Å². The SMILES string of the molecule is C[C@H](Cc1cccc2[nH]ncc12)NC(=O)C(F)(F)F. The van der Waals surface area contributed by atoms with Crippen LogP contribution in [0.15, 0.2) is 24.4 Å². The predicted molar refractivity (Wildman–Crippen MR) is 63.5 cm³/mol. The van der Waals surface area contributed by atoms with Gasteiger partial charge in [0.2, 0.25) is 0 Å². The van der Waals surface area contributed by atoms with Gasteiger partial charge in [-0.25, -0.2) is 0 Å². The summed E-state index contributed by atoms with van der Waals surface area (Å²) in [5.41, 5.74) is 1.65. The van der Waals surface area contributed by atoms with Crippen LogP contribution < -0.4 is 5.32 Å². The Hall–Kier alpha value is -2.05. The fraction of sp³-hybridized carbons (Fsp3) is 0.333. The second-order valence-corrected chi connectivity index (χ2v) is 4.32. The highest BCUT2D eigenvalue weighted by Crippen LogP contribution is 2.19. The molecule has 0 aliphatic carbocycles. The van der Waals surface area contributed by atoms with Crippen LogP contribution in [-0.4, -0.2) is 28.3 Å². The predicted octanol–water partition coefficient (Wildman–Crippen LogP) is 2.17. The standard InChI is InChI=1S/C12H12F3N3O/c1-7(17-11(19)12(13,14)15)5-8-3-2-4-10-9(8)6-16-18-10/h2-4,6-7H,5H2,1H3,(H,16,18)(H,17,19)/t7-/m1/s1. The largest absolute Gasteiger partial charge is 0.471 e. The van der Waals surface area contributed by atoms with Crippen LogP contribution in [0.4, 0.5) is 13.2 Å². The molecule has 2 N–H and O–H groups in total. The molecular formula is C12H12F3N3O. The van der Waals surface area contributed by atoms with Gasteiger partial charge in [-0.2, -0.15) is 18.3 Å². The van der Waals surface area contributed by atoms with Gasteiger partial charge < -0.3 is 5.32 Å². The van der Waals surface area contributed by atoms with Gasteiger partial charge in [0.15, 0.2) is 0 Å². The van der Waals surface area contributed by atoms with Crippen LogP contribution in [0.25, 0.3) is 10.9 Å². The Kier molecular flexibility index (Phi) is 3.46. The molecule has 0 spiro atoms. The molecule has 1 aromatic heterocycles. The van der Waals surface area contributed by atoms with E-state index in [0.29, 0.717) is 6.42 Å². The molecular weight excluding hydrogens is 259 g/mol. The first-order chi connectivity index (χ1) is 8.88. The Morgan fingerprint density at radius 3 is 2.89 bits per heavy atom. The summed E-state index contributed by atoms with van der Waals surface area (Å²) in [6, 6.07) is 4.79. The average molecular weight is 271 g/mol. The van der Waals surface area contributed by atoms with Gasteiger partial charge in [0.25, 0.3) is 0 Å². The van der Waals surface area contributed by atoms with Crippen LogP contribution in [0.5, 0.6) is 0 Å². The third kappa shape index (κ3) is 3.04. The number of alkyl halides is 3. The number of amides is 1.